The summed E-state index contributed by atoms with van der Waals surface area (Å²) in [6, 6.07) is 19.0. The summed E-state index contributed by atoms with van der Waals surface area (Å²) < 4.78 is 10.8. The second kappa shape index (κ2) is 10.3. The molecule has 0 fully saturated rings. The quantitative estimate of drug-likeness (QED) is 0.222. The number of rotatable bonds is 6. The number of methoxy groups -OCH3 is 1. The van der Waals surface area contributed by atoms with Gasteiger partial charge in [0.15, 0.2) is 11.5 Å². The molecule has 6 nitrogen and oxygen atoms in total. The van der Waals surface area contributed by atoms with Crippen LogP contribution < -0.4 is 14.9 Å². The number of amides is 1. The summed E-state index contributed by atoms with van der Waals surface area (Å²) in [4.78, 5) is 24.7. The van der Waals surface area contributed by atoms with Crippen LogP contribution in [0.3, 0.4) is 0 Å². The smallest absolute Gasteiger partial charge is 0.345 e. The van der Waals surface area contributed by atoms with Crippen LogP contribution in [0, 0.1) is 0 Å². The lowest BCUT2D eigenvalue weighted by atomic mass is 9.87. The number of ether oxygens (including phenoxy) is 2. The van der Waals surface area contributed by atoms with Crippen LogP contribution in [0.5, 0.6) is 11.5 Å². The highest BCUT2D eigenvalue weighted by molar-refractivity contribution is 6.33. The second-order valence-electron chi connectivity index (χ2n) is 8.31. The Balaban J connectivity index is 1.66. The first-order chi connectivity index (χ1) is 15.7. The summed E-state index contributed by atoms with van der Waals surface area (Å²) in [5.41, 5.74) is 5.08. The lowest BCUT2D eigenvalue weighted by Gasteiger charge is -2.18. The van der Waals surface area contributed by atoms with E-state index in [9.17, 15) is 9.59 Å². The Kier molecular flexibility index (Phi) is 7.51. The molecule has 0 heterocycles. The number of hydrogen-bond donors (Lipinski definition) is 1. The Labute approximate surface area is 198 Å². The lowest BCUT2D eigenvalue weighted by Crippen LogP contribution is -2.18. The highest BCUT2D eigenvalue weighted by Crippen LogP contribution is 2.29. The number of nitrogens with one attached hydrogen (secondary N) is 1. The van der Waals surface area contributed by atoms with Crippen LogP contribution >= 0.6 is 11.6 Å². The molecule has 0 aliphatic carbocycles. The molecule has 170 valence electrons. The minimum atomic E-state index is -0.593. The number of carbonyl (C=O) groups excluding carboxylic acids is 2. The highest BCUT2D eigenvalue weighted by atomic mass is 35.5. The summed E-state index contributed by atoms with van der Waals surface area (Å²) >= 11 is 6.05. The molecule has 0 bridgehead atoms. The summed E-state index contributed by atoms with van der Waals surface area (Å²) in [5.74, 6) is -0.333. The van der Waals surface area contributed by atoms with Gasteiger partial charge in [-0.1, -0.05) is 56.6 Å². The van der Waals surface area contributed by atoms with Crippen molar-refractivity contribution in [2.75, 3.05) is 7.11 Å². The first kappa shape index (κ1) is 24.0. The molecule has 0 saturated carbocycles. The summed E-state index contributed by atoms with van der Waals surface area (Å²) in [6.45, 7) is 6.34. The van der Waals surface area contributed by atoms with Crippen molar-refractivity contribution in [2.45, 2.75) is 26.2 Å². The Morgan fingerprint density at radius 2 is 1.67 bits per heavy atom. The zero-order chi connectivity index (χ0) is 24.0. The zero-order valence-electron chi connectivity index (χ0n) is 18.9. The molecule has 0 unspecified atom stereocenters. The zero-order valence-corrected chi connectivity index (χ0v) is 19.6. The third-order valence-corrected chi connectivity index (χ3v) is 5.21. The van der Waals surface area contributed by atoms with Crippen molar-refractivity contribution in [3.63, 3.8) is 0 Å². The van der Waals surface area contributed by atoms with Gasteiger partial charge >= 0.3 is 5.97 Å². The van der Waals surface area contributed by atoms with Gasteiger partial charge < -0.3 is 9.47 Å². The van der Waals surface area contributed by atoms with Crippen molar-refractivity contribution in [3.8, 4) is 11.5 Å². The Morgan fingerprint density at radius 3 is 2.30 bits per heavy atom. The third kappa shape index (κ3) is 6.20. The van der Waals surface area contributed by atoms with E-state index >= 15 is 0 Å². The van der Waals surface area contributed by atoms with Crippen LogP contribution in [0.2, 0.25) is 5.02 Å². The highest BCUT2D eigenvalue weighted by Gasteiger charge is 2.16. The fraction of sp³-hybridized carbons (Fsp3) is 0.192. The second-order valence-corrected chi connectivity index (χ2v) is 8.71. The molecule has 33 heavy (non-hydrogen) atoms. The van der Waals surface area contributed by atoms with Crippen molar-refractivity contribution in [2.24, 2.45) is 5.10 Å². The predicted molar refractivity (Wildman–Crippen MR) is 130 cm³/mol. The van der Waals surface area contributed by atoms with Gasteiger partial charge in [-0.25, -0.2) is 10.2 Å². The molecule has 0 aliphatic heterocycles. The van der Waals surface area contributed by atoms with E-state index in [0.29, 0.717) is 21.9 Å². The van der Waals surface area contributed by atoms with E-state index < -0.39 is 5.97 Å². The van der Waals surface area contributed by atoms with E-state index in [1.807, 2.05) is 12.1 Å². The monoisotopic (exact) mass is 464 g/mol. The minimum Gasteiger partial charge on any atom is -0.493 e. The number of esters is 1. The van der Waals surface area contributed by atoms with Crippen LogP contribution in [0.15, 0.2) is 71.8 Å². The Hall–Kier alpha value is -3.64. The molecule has 0 radical (unpaired) electrons. The first-order valence-electron chi connectivity index (χ1n) is 10.3. The van der Waals surface area contributed by atoms with Crippen LogP contribution in [-0.2, 0) is 5.41 Å². The van der Waals surface area contributed by atoms with E-state index in [-0.39, 0.29) is 22.6 Å². The number of halogens is 1. The molecule has 1 N–H and O–H groups in total. The summed E-state index contributed by atoms with van der Waals surface area (Å²) in [6.07, 6.45) is 1.48. The van der Waals surface area contributed by atoms with Crippen molar-refractivity contribution < 1.29 is 19.1 Å². The molecule has 0 atom stereocenters. The van der Waals surface area contributed by atoms with Crippen LogP contribution in [0.1, 0.15) is 52.6 Å². The minimum absolute atomic E-state index is 0.0140. The summed E-state index contributed by atoms with van der Waals surface area (Å²) in [5, 5.41) is 4.31. The van der Waals surface area contributed by atoms with E-state index in [0.717, 1.165) is 5.56 Å². The van der Waals surface area contributed by atoms with E-state index in [1.54, 1.807) is 54.6 Å². The average Bonchev–Trinajstić information content (AvgIpc) is 2.79. The molecule has 0 aliphatic rings. The SMILES string of the molecule is COc1cc(/C=N/NC(=O)c2ccc(C(C)(C)C)cc2)ccc1OC(=O)c1ccccc1Cl. The van der Waals surface area contributed by atoms with Crippen molar-refractivity contribution in [1.82, 2.24) is 5.43 Å². The first-order valence-corrected chi connectivity index (χ1v) is 10.7. The maximum Gasteiger partial charge on any atom is 0.345 e. The number of carbonyl (C=O) groups is 2. The largest absolute Gasteiger partial charge is 0.493 e. The molecule has 0 spiro atoms. The number of hydrazone groups is 1. The van der Waals surface area contributed by atoms with E-state index in [1.165, 1.54) is 13.3 Å². The van der Waals surface area contributed by atoms with Gasteiger partial charge in [0.05, 0.1) is 23.9 Å². The van der Waals surface area contributed by atoms with Crippen LogP contribution in [-0.4, -0.2) is 25.2 Å². The Morgan fingerprint density at radius 1 is 0.970 bits per heavy atom. The molecule has 1 amide bonds. The Bertz CT molecular complexity index is 1180. The van der Waals surface area contributed by atoms with Gasteiger partial charge in [0.1, 0.15) is 0 Å². The fourth-order valence-corrected chi connectivity index (χ4v) is 3.19. The maximum absolute atomic E-state index is 12.4. The molecule has 3 aromatic carbocycles. The normalized spacial score (nSPS) is 11.3. The van der Waals surface area contributed by atoms with Crippen molar-refractivity contribution >= 4 is 29.7 Å². The van der Waals surface area contributed by atoms with Crippen molar-refractivity contribution in [1.29, 1.82) is 0 Å². The van der Waals surface area contributed by atoms with Gasteiger partial charge in [-0.05, 0) is 59.0 Å². The predicted octanol–water partition coefficient (Wildman–Crippen LogP) is 5.63. The van der Waals surface area contributed by atoms with Gasteiger partial charge in [-0.3, -0.25) is 4.79 Å². The molecule has 3 rings (SSSR count). The molecular weight excluding hydrogens is 440 g/mol. The van der Waals surface area contributed by atoms with Gasteiger partial charge in [-0.15, -0.1) is 0 Å². The van der Waals surface area contributed by atoms with Crippen molar-refractivity contribution in [3.05, 3.63) is 94.0 Å². The van der Waals surface area contributed by atoms with E-state index in [2.05, 4.69) is 31.3 Å². The molecule has 3 aromatic rings. The van der Waals surface area contributed by atoms with Crippen LogP contribution in [0.25, 0.3) is 0 Å². The topological polar surface area (TPSA) is 77.0 Å². The molecule has 0 saturated heterocycles. The van der Waals surface area contributed by atoms with Gasteiger partial charge in [-0.2, -0.15) is 5.10 Å². The maximum atomic E-state index is 12.4. The van der Waals surface area contributed by atoms with Gasteiger partial charge in [0, 0.05) is 5.56 Å². The standard InChI is InChI=1S/C26H25ClN2O4/c1-26(2,3)19-12-10-18(11-13-19)24(30)29-28-16-17-9-14-22(23(15-17)32-4)33-25(31)20-7-5-6-8-21(20)27/h5-16H,1-4H3,(H,29,30)/b28-16+. The molecule has 7 heteroatoms. The average molecular weight is 465 g/mol. The lowest BCUT2D eigenvalue weighted by molar-refractivity contribution is 0.0729. The van der Waals surface area contributed by atoms with Crippen LogP contribution in [0.4, 0.5) is 0 Å². The fourth-order valence-electron chi connectivity index (χ4n) is 2.98. The van der Waals surface area contributed by atoms with E-state index in [4.69, 9.17) is 21.1 Å². The molecular formula is C26H25ClN2O4. The number of nitrogens with zero attached hydrogens (tertiary/aromatic N) is 1. The van der Waals surface area contributed by atoms with Gasteiger partial charge in [0.25, 0.3) is 5.91 Å². The van der Waals surface area contributed by atoms with Gasteiger partial charge in [0.2, 0.25) is 0 Å². The summed E-state index contributed by atoms with van der Waals surface area (Å²) in [7, 11) is 1.46. The number of benzene rings is 3. The molecule has 0 aromatic heterocycles. The third-order valence-electron chi connectivity index (χ3n) is 4.88. The number of hydrogen-bond acceptors (Lipinski definition) is 5.